The Kier molecular flexibility index (Phi) is 8.73. The van der Waals surface area contributed by atoms with Gasteiger partial charge in [0.15, 0.2) is 5.96 Å². The van der Waals surface area contributed by atoms with Crippen LogP contribution in [0, 0.1) is 0 Å². The van der Waals surface area contributed by atoms with Crippen molar-refractivity contribution >= 4 is 5.96 Å². The van der Waals surface area contributed by atoms with Gasteiger partial charge in [0.2, 0.25) is 0 Å². The Labute approximate surface area is 184 Å². The molecule has 0 aliphatic rings. The monoisotopic (exact) mass is 417 g/mol. The van der Waals surface area contributed by atoms with Crippen LogP contribution in [0.2, 0.25) is 0 Å². The summed E-state index contributed by atoms with van der Waals surface area (Å²) in [6, 6.07) is 18.4. The van der Waals surface area contributed by atoms with Crippen molar-refractivity contribution in [3.05, 3.63) is 96.6 Å². The standard InChI is InChI=1S/C25H31N5O/c1-3-18-31-23-13-9-8-12-22(23)19-28-25(26-4-2)29-20-24-27-15-17-30(24)16-14-21-10-6-5-7-11-21/h3,5-13,15,17H,1,4,14,16,18-20H2,2H3,(H2,26,28,29). The fraction of sp³-hybridized carbons (Fsp3) is 0.280. The lowest BCUT2D eigenvalue weighted by atomic mass is 10.1. The Morgan fingerprint density at radius 3 is 2.74 bits per heavy atom. The van der Waals surface area contributed by atoms with Gasteiger partial charge in [0.05, 0.1) is 13.1 Å². The summed E-state index contributed by atoms with van der Waals surface area (Å²) in [5.74, 6) is 2.56. The number of guanidine groups is 1. The molecule has 3 rings (SSSR count). The summed E-state index contributed by atoms with van der Waals surface area (Å²) < 4.78 is 7.92. The summed E-state index contributed by atoms with van der Waals surface area (Å²) >= 11 is 0. The number of hydrogen-bond acceptors (Lipinski definition) is 3. The van der Waals surface area contributed by atoms with Crippen LogP contribution in [-0.4, -0.2) is 28.7 Å². The van der Waals surface area contributed by atoms with Gasteiger partial charge in [-0.15, -0.1) is 0 Å². The number of aromatic nitrogens is 2. The molecule has 0 fully saturated rings. The molecule has 0 atom stereocenters. The second-order valence-electron chi connectivity index (χ2n) is 7.03. The highest BCUT2D eigenvalue weighted by atomic mass is 16.5. The van der Waals surface area contributed by atoms with Crippen molar-refractivity contribution in [2.75, 3.05) is 13.2 Å². The summed E-state index contributed by atoms with van der Waals surface area (Å²) in [6.45, 7) is 9.03. The SMILES string of the molecule is C=CCOc1ccccc1CN=C(NCC)NCc1nccn1CCc1ccccc1. The van der Waals surface area contributed by atoms with Gasteiger partial charge in [-0.1, -0.05) is 61.2 Å². The number of aliphatic imine (C=N–C) groups is 1. The van der Waals surface area contributed by atoms with Crippen molar-refractivity contribution in [2.24, 2.45) is 4.99 Å². The molecule has 0 radical (unpaired) electrons. The molecule has 0 aliphatic heterocycles. The van der Waals surface area contributed by atoms with Crippen LogP contribution in [0.5, 0.6) is 5.75 Å². The fourth-order valence-corrected chi connectivity index (χ4v) is 3.20. The molecule has 6 nitrogen and oxygen atoms in total. The van der Waals surface area contributed by atoms with E-state index in [4.69, 9.17) is 9.73 Å². The summed E-state index contributed by atoms with van der Waals surface area (Å²) in [5.41, 5.74) is 2.35. The second-order valence-corrected chi connectivity index (χ2v) is 7.03. The van der Waals surface area contributed by atoms with Crippen LogP contribution >= 0.6 is 0 Å². The molecule has 0 unspecified atom stereocenters. The molecule has 1 heterocycles. The summed E-state index contributed by atoms with van der Waals surface area (Å²) in [6.07, 6.45) is 6.59. The number of benzene rings is 2. The summed E-state index contributed by atoms with van der Waals surface area (Å²) in [5, 5.41) is 6.69. The van der Waals surface area contributed by atoms with Crippen LogP contribution in [-0.2, 0) is 26.1 Å². The van der Waals surface area contributed by atoms with E-state index in [0.29, 0.717) is 19.7 Å². The van der Waals surface area contributed by atoms with E-state index < -0.39 is 0 Å². The largest absolute Gasteiger partial charge is 0.489 e. The number of hydrogen-bond donors (Lipinski definition) is 2. The maximum atomic E-state index is 5.74. The van der Waals surface area contributed by atoms with Gasteiger partial charge in [-0.3, -0.25) is 0 Å². The highest BCUT2D eigenvalue weighted by Gasteiger charge is 2.06. The molecule has 0 amide bonds. The molecule has 0 saturated heterocycles. The van der Waals surface area contributed by atoms with Gasteiger partial charge in [-0.05, 0) is 25.0 Å². The third kappa shape index (κ3) is 7.03. The molecule has 0 aliphatic carbocycles. The van der Waals surface area contributed by atoms with E-state index in [-0.39, 0.29) is 0 Å². The maximum Gasteiger partial charge on any atom is 0.191 e. The van der Waals surface area contributed by atoms with Gasteiger partial charge in [-0.25, -0.2) is 9.98 Å². The zero-order valence-electron chi connectivity index (χ0n) is 18.1. The van der Waals surface area contributed by atoms with E-state index >= 15 is 0 Å². The average Bonchev–Trinajstić information content (AvgIpc) is 3.26. The molecule has 0 spiro atoms. The molecule has 6 heteroatoms. The second kappa shape index (κ2) is 12.2. The minimum Gasteiger partial charge on any atom is -0.489 e. The van der Waals surface area contributed by atoms with Crippen molar-refractivity contribution in [3.8, 4) is 5.75 Å². The van der Waals surface area contributed by atoms with Crippen molar-refractivity contribution in [1.82, 2.24) is 20.2 Å². The zero-order valence-corrected chi connectivity index (χ0v) is 18.1. The van der Waals surface area contributed by atoms with E-state index in [2.05, 4.69) is 58.0 Å². The number of ether oxygens (including phenoxy) is 1. The molecule has 2 aromatic carbocycles. The molecule has 2 N–H and O–H groups in total. The average molecular weight is 418 g/mol. The number of rotatable bonds is 11. The van der Waals surface area contributed by atoms with Crippen LogP contribution in [0.4, 0.5) is 0 Å². The smallest absolute Gasteiger partial charge is 0.191 e. The van der Waals surface area contributed by atoms with Gasteiger partial charge in [-0.2, -0.15) is 0 Å². The Morgan fingerprint density at radius 2 is 1.94 bits per heavy atom. The van der Waals surface area contributed by atoms with E-state index in [0.717, 1.165) is 42.6 Å². The number of nitrogens with one attached hydrogen (secondary N) is 2. The Hall–Kier alpha value is -3.54. The molecule has 0 saturated carbocycles. The summed E-state index contributed by atoms with van der Waals surface area (Å²) in [7, 11) is 0. The number of imidazole rings is 1. The van der Waals surface area contributed by atoms with E-state index in [1.165, 1.54) is 5.56 Å². The van der Waals surface area contributed by atoms with E-state index in [1.807, 2.05) is 42.7 Å². The van der Waals surface area contributed by atoms with Crippen molar-refractivity contribution in [1.29, 1.82) is 0 Å². The molecular formula is C25H31N5O. The molecular weight excluding hydrogens is 386 g/mol. The third-order valence-corrected chi connectivity index (χ3v) is 4.78. The van der Waals surface area contributed by atoms with Crippen LogP contribution in [0.25, 0.3) is 0 Å². The topological polar surface area (TPSA) is 63.5 Å². The minimum atomic E-state index is 0.477. The third-order valence-electron chi connectivity index (χ3n) is 4.78. The van der Waals surface area contributed by atoms with Crippen molar-refractivity contribution in [2.45, 2.75) is 33.0 Å². The van der Waals surface area contributed by atoms with Gasteiger partial charge in [0.1, 0.15) is 18.2 Å². The first-order chi connectivity index (χ1) is 15.3. The minimum absolute atomic E-state index is 0.477. The highest BCUT2D eigenvalue weighted by Crippen LogP contribution is 2.18. The molecule has 162 valence electrons. The van der Waals surface area contributed by atoms with Gasteiger partial charge < -0.3 is 19.9 Å². The number of aryl methyl sites for hydroxylation is 2. The Balaban J connectivity index is 1.60. The lowest BCUT2D eigenvalue weighted by molar-refractivity contribution is 0.359. The fourth-order valence-electron chi connectivity index (χ4n) is 3.20. The van der Waals surface area contributed by atoms with Crippen LogP contribution in [0.3, 0.4) is 0 Å². The quantitative estimate of drug-likeness (QED) is 0.282. The van der Waals surface area contributed by atoms with Crippen molar-refractivity contribution in [3.63, 3.8) is 0 Å². The summed E-state index contributed by atoms with van der Waals surface area (Å²) in [4.78, 5) is 9.24. The van der Waals surface area contributed by atoms with E-state index in [1.54, 1.807) is 6.08 Å². The Morgan fingerprint density at radius 1 is 1.13 bits per heavy atom. The number of nitrogens with zero attached hydrogens (tertiary/aromatic N) is 3. The maximum absolute atomic E-state index is 5.74. The number of para-hydroxylation sites is 1. The normalized spacial score (nSPS) is 11.2. The Bertz CT molecular complexity index is 965. The first-order valence-corrected chi connectivity index (χ1v) is 10.7. The lowest BCUT2D eigenvalue weighted by Gasteiger charge is -2.13. The van der Waals surface area contributed by atoms with Gasteiger partial charge >= 0.3 is 0 Å². The zero-order chi connectivity index (χ0) is 21.7. The predicted octanol–water partition coefficient (Wildman–Crippen LogP) is 3.95. The van der Waals surface area contributed by atoms with Crippen LogP contribution < -0.4 is 15.4 Å². The predicted molar refractivity (Wildman–Crippen MR) is 126 cm³/mol. The lowest BCUT2D eigenvalue weighted by Crippen LogP contribution is -2.37. The molecule has 31 heavy (non-hydrogen) atoms. The van der Waals surface area contributed by atoms with Gasteiger partial charge in [0.25, 0.3) is 0 Å². The molecule has 3 aromatic rings. The first kappa shape index (κ1) is 22.2. The van der Waals surface area contributed by atoms with Crippen molar-refractivity contribution < 1.29 is 4.74 Å². The van der Waals surface area contributed by atoms with Crippen LogP contribution in [0.1, 0.15) is 23.9 Å². The van der Waals surface area contributed by atoms with Crippen LogP contribution in [0.15, 0.2) is 84.6 Å². The first-order valence-electron chi connectivity index (χ1n) is 10.7. The molecule has 1 aromatic heterocycles. The molecule has 0 bridgehead atoms. The van der Waals surface area contributed by atoms with Gasteiger partial charge in [0, 0.05) is 31.0 Å². The highest BCUT2D eigenvalue weighted by molar-refractivity contribution is 5.79. The van der Waals surface area contributed by atoms with E-state index in [9.17, 15) is 0 Å².